The van der Waals surface area contributed by atoms with Gasteiger partial charge in [-0.05, 0) is 11.6 Å². The minimum atomic E-state index is -0.661. The fraction of sp³-hybridized carbons (Fsp3) is 0.100. The highest BCUT2D eigenvalue weighted by Crippen LogP contribution is 2.12. The average molecular weight is 158 g/mol. The SMILES string of the molecule is C#CC(C(N)=O)c1[c]cccc1. The van der Waals surface area contributed by atoms with Crippen LogP contribution in [0.15, 0.2) is 24.3 Å². The summed E-state index contributed by atoms with van der Waals surface area (Å²) < 4.78 is 0. The molecular formula is C10H8NO. The molecule has 1 unspecified atom stereocenters. The molecule has 1 atom stereocenters. The molecule has 1 aromatic rings. The molecule has 0 aliphatic rings. The number of carbonyl (C=O) groups is 1. The van der Waals surface area contributed by atoms with Gasteiger partial charge in [-0.15, -0.1) is 6.42 Å². The lowest BCUT2D eigenvalue weighted by Gasteiger charge is -2.04. The van der Waals surface area contributed by atoms with E-state index in [1.807, 2.05) is 0 Å². The fourth-order valence-corrected chi connectivity index (χ4v) is 0.912. The largest absolute Gasteiger partial charge is 0.368 e. The van der Waals surface area contributed by atoms with Crippen molar-refractivity contribution in [2.45, 2.75) is 5.92 Å². The summed E-state index contributed by atoms with van der Waals surface area (Å²) >= 11 is 0. The Morgan fingerprint density at radius 3 is 2.83 bits per heavy atom. The second-order valence-electron chi connectivity index (χ2n) is 2.32. The molecule has 0 saturated carbocycles. The van der Waals surface area contributed by atoms with Crippen molar-refractivity contribution < 1.29 is 4.79 Å². The smallest absolute Gasteiger partial charge is 0.237 e. The van der Waals surface area contributed by atoms with Gasteiger partial charge >= 0.3 is 0 Å². The van der Waals surface area contributed by atoms with Gasteiger partial charge in [-0.1, -0.05) is 30.2 Å². The van der Waals surface area contributed by atoms with Crippen molar-refractivity contribution in [3.63, 3.8) is 0 Å². The molecule has 59 valence electrons. The highest BCUT2D eigenvalue weighted by Gasteiger charge is 2.13. The van der Waals surface area contributed by atoms with E-state index in [1.54, 1.807) is 24.3 Å². The van der Waals surface area contributed by atoms with Crippen LogP contribution in [0.1, 0.15) is 11.5 Å². The minimum Gasteiger partial charge on any atom is -0.368 e. The Kier molecular flexibility index (Phi) is 2.49. The van der Waals surface area contributed by atoms with Crippen LogP contribution in [-0.2, 0) is 4.79 Å². The van der Waals surface area contributed by atoms with Crippen LogP contribution in [0.3, 0.4) is 0 Å². The number of carbonyl (C=O) groups excluding carboxylic acids is 1. The van der Waals surface area contributed by atoms with Gasteiger partial charge in [-0.25, -0.2) is 0 Å². The van der Waals surface area contributed by atoms with Crippen LogP contribution in [0, 0.1) is 18.4 Å². The third kappa shape index (κ3) is 1.64. The summed E-state index contributed by atoms with van der Waals surface area (Å²) in [5.74, 6) is 1.14. The fourth-order valence-electron chi connectivity index (χ4n) is 0.912. The lowest BCUT2D eigenvalue weighted by molar-refractivity contribution is -0.118. The molecule has 0 fully saturated rings. The lowest BCUT2D eigenvalue weighted by Crippen LogP contribution is -2.19. The molecule has 1 aromatic carbocycles. The van der Waals surface area contributed by atoms with Crippen molar-refractivity contribution in [2.24, 2.45) is 5.73 Å². The maximum atomic E-state index is 10.8. The number of nitrogens with two attached hydrogens (primary N) is 1. The number of rotatable bonds is 2. The normalized spacial score (nSPS) is 11.6. The maximum Gasteiger partial charge on any atom is 0.237 e. The molecule has 0 aromatic heterocycles. The monoisotopic (exact) mass is 158 g/mol. The minimum absolute atomic E-state index is 0.514. The molecule has 2 N–H and O–H groups in total. The summed E-state index contributed by atoms with van der Waals surface area (Å²) in [6.07, 6.45) is 5.13. The van der Waals surface area contributed by atoms with Crippen LogP contribution in [-0.4, -0.2) is 5.91 Å². The highest BCUT2D eigenvalue weighted by molar-refractivity contribution is 5.85. The molecule has 0 aliphatic carbocycles. The molecule has 12 heavy (non-hydrogen) atoms. The van der Waals surface area contributed by atoms with Gasteiger partial charge in [0.25, 0.3) is 0 Å². The Labute approximate surface area is 71.4 Å². The lowest BCUT2D eigenvalue weighted by atomic mass is 10.00. The number of primary amides is 1. The van der Waals surface area contributed by atoms with Crippen LogP contribution in [0.2, 0.25) is 0 Å². The molecule has 2 nitrogen and oxygen atoms in total. The molecule has 0 spiro atoms. The molecule has 0 bridgehead atoms. The number of hydrogen-bond acceptors (Lipinski definition) is 1. The van der Waals surface area contributed by atoms with E-state index in [0.717, 1.165) is 0 Å². The third-order valence-corrected chi connectivity index (χ3v) is 1.50. The molecule has 0 heterocycles. The van der Waals surface area contributed by atoms with Gasteiger partial charge in [0.15, 0.2) is 0 Å². The van der Waals surface area contributed by atoms with Gasteiger partial charge in [0.2, 0.25) is 5.91 Å². The Morgan fingerprint density at radius 1 is 1.67 bits per heavy atom. The third-order valence-electron chi connectivity index (χ3n) is 1.50. The van der Waals surface area contributed by atoms with Crippen molar-refractivity contribution >= 4 is 5.91 Å². The second-order valence-corrected chi connectivity index (χ2v) is 2.32. The number of amides is 1. The first kappa shape index (κ1) is 8.35. The standard InChI is InChI=1S/C10H8NO/c1-2-9(10(11)12)8-6-4-3-5-7-8/h1,3-6,9H,(H2,11,12). The zero-order valence-corrected chi connectivity index (χ0v) is 6.45. The van der Waals surface area contributed by atoms with Crippen molar-refractivity contribution in [3.8, 4) is 12.3 Å². The van der Waals surface area contributed by atoms with E-state index in [-0.39, 0.29) is 0 Å². The number of terminal acetylenes is 1. The van der Waals surface area contributed by atoms with E-state index < -0.39 is 11.8 Å². The number of hydrogen-bond donors (Lipinski definition) is 1. The molecule has 0 aliphatic heterocycles. The first-order valence-corrected chi connectivity index (χ1v) is 3.47. The first-order valence-electron chi connectivity index (χ1n) is 3.47. The second kappa shape index (κ2) is 3.59. The summed E-state index contributed by atoms with van der Waals surface area (Å²) in [6, 6.07) is 9.88. The molecule has 1 amide bonds. The van der Waals surface area contributed by atoms with E-state index in [9.17, 15) is 4.79 Å². The van der Waals surface area contributed by atoms with Gasteiger partial charge in [0.05, 0.1) is 0 Å². The van der Waals surface area contributed by atoms with Crippen molar-refractivity contribution in [1.29, 1.82) is 0 Å². The predicted molar refractivity (Wildman–Crippen MR) is 46.0 cm³/mol. The van der Waals surface area contributed by atoms with Gasteiger partial charge in [0, 0.05) is 0 Å². The Bertz CT molecular complexity index is 310. The quantitative estimate of drug-likeness (QED) is 0.632. The van der Waals surface area contributed by atoms with E-state index in [1.165, 1.54) is 0 Å². The van der Waals surface area contributed by atoms with E-state index in [4.69, 9.17) is 12.2 Å². The van der Waals surface area contributed by atoms with E-state index >= 15 is 0 Å². The van der Waals surface area contributed by atoms with Crippen molar-refractivity contribution in [2.75, 3.05) is 0 Å². The van der Waals surface area contributed by atoms with Crippen LogP contribution in [0.5, 0.6) is 0 Å². The highest BCUT2D eigenvalue weighted by atomic mass is 16.1. The molecule has 0 saturated heterocycles. The molecule has 1 rings (SSSR count). The first-order chi connectivity index (χ1) is 5.75. The van der Waals surface area contributed by atoms with E-state index in [0.29, 0.717) is 5.56 Å². The average Bonchev–Trinajstić information content (AvgIpc) is 2.07. The van der Waals surface area contributed by atoms with E-state index in [2.05, 4.69) is 12.0 Å². The zero-order valence-electron chi connectivity index (χ0n) is 6.45. The Morgan fingerprint density at radius 2 is 2.42 bits per heavy atom. The van der Waals surface area contributed by atoms with Crippen molar-refractivity contribution in [3.05, 3.63) is 35.9 Å². The topological polar surface area (TPSA) is 43.1 Å². The maximum absolute atomic E-state index is 10.8. The predicted octanol–water partition coefficient (Wildman–Crippen LogP) is 0.689. The van der Waals surface area contributed by atoms with Gasteiger partial charge in [-0.3, -0.25) is 4.79 Å². The Hall–Kier alpha value is -1.75. The number of benzene rings is 1. The summed E-state index contributed by atoms with van der Waals surface area (Å²) in [7, 11) is 0. The Balaban J connectivity index is 2.98. The summed E-state index contributed by atoms with van der Waals surface area (Å²) in [5.41, 5.74) is 5.72. The molecular weight excluding hydrogens is 150 g/mol. The van der Waals surface area contributed by atoms with Crippen LogP contribution in [0.25, 0.3) is 0 Å². The summed E-state index contributed by atoms with van der Waals surface area (Å²) in [6.45, 7) is 0. The summed E-state index contributed by atoms with van der Waals surface area (Å²) in [5, 5.41) is 0. The van der Waals surface area contributed by atoms with Crippen LogP contribution in [0.4, 0.5) is 0 Å². The van der Waals surface area contributed by atoms with Crippen LogP contribution < -0.4 is 5.73 Å². The molecule has 1 radical (unpaired) electrons. The van der Waals surface area contributed by atoms with Gasteiger partial charge in [0.1, 0.15) is 5.92 Å². The van der Waals surface area contributed by atoms with Crippen molar-refractivity contribution in [1.82, 2.24) is 0 Å². The van der Waals surface area contributed by atoms with Gasteiger partial charge < -0.3 is 5.73 Å². The van der Waals surface area contributed by atoms with Crippen LogP contribution >= 0.6 is 0 Å². The zero-order chi connectivity index (χ0) is 8.97. The summed E-state index contributed by atoms with van der Waals surface area (Å²) in [4.78, 5) is 10.8. The van der Waals surface area contributed by atoms with Gasteiger partial charge in [-0.2, -0.15) is 0 Å². The molecule has 2 heteroatoms.